The van der Waals surface area contributed by atoms with Gasteiger partial charge in [-0.05, 0) is 17.2 Å². The summed E-state index contributed by atoms with van der Waals surface area (Å²) in [7, 11) is 0. The summed E-state index contributed by atoms with van der Waals surface area (Å²) in [6.07, 6.45) is 0.808. The van der Waals surface area contributed by atoms with Crippen LogP contribution in [0.2, 0.25) is 0 Å². The maximum absolute atomic E-state index is 12.3. The van der Waals surface area contributed by atoms with Gasteiger partial charge in [0, 0.05) is 19.5 Å². The number of carbonyl (C=O) groups excluding carboxylic acids is 1. The van der Waals surface area contributed by atoms with Crippen molar-refractivity contribution in [3.05, 3.63) is 65.7 Å². The summed E-state index contributed by atoms with van der Waals surface area (Å²) < 4.78 is 5.84. The van der Waals surface area contributed by atoms with E-state index in [1.807, 2.05) is 53.4 Å². The lowest BCUT2D eigenvalue weighted by Crippen LogP contribution is -2.41. The summed E-state index contributed by atoms with van der Waals surface area (Å²) in [6, 6.07) is 17.9. The van der Waals surface area contributed by atoms with Crippen molar-refractivity contribution in [1.82, 2.24) is 10.2 Å². The Morgan fingerprint density at radius 1 is 1.16 bits per heavy atom. The summed E-state index contributed by atoms with van der Waals surface area (Å²) in [5.74, 6) is 0.858. The molecule has 1 atom stereocenters. The van der Waals surface area contributed by atoms with Gasteiger partial charge in [0.25, 0.3) is 0 Å². The third kappa shape index (κ3) is 5.05. The molecule has 0 bridgehead atoms. The van der Waals surface area contributed by atoms with Gasteiger partial charge in [0.15, 0.2) is 0 Å². The third-order valence-corrected chi connectivity index (χ3v) is 4.27. The van der Waals surface area contributed by atoms with Gasteiger partial charge in [-0.25, -0.2) is 0 Å². The minimum Gasteiger partial charge on any atom is -0.488 e. The molecule has 132 valence electrons. The highest BCUT2D eigenvalue weighted by Gasteiger charge is 2.22. The molecule has 0 aliphatic carbocycles. The van der Waals surface area contributed by atoms with Crippen LogP contribution in [0.1, 0.15) is 11.1 Å². The lowest BCUT2D eigenvalue weighted by Gasteiger charge is -2.21. The summed E-state index contributed by atoms with van der Waals surface area (Å²) in [5.41, 5.74) is 2.31. The Kier molecular flexibility index (Phi) is 6.04. The van der Waals surface area contributed by atoms with E-state index in [1.54, 1.807) is 0 Å². The molecule has 1 heterocycles. The second-order valence-electron chi connectivity index (χ2n) is 6.28. The molecule has 0 spiro atoms. The first-order valence-electron chi connectivity index (χ1n) is 8.63. The van der Waals surface area contributed by atoms with Crippen molar-refractivity contribution in [1.29, 1.82) is 0 Å². The number of hydrogen-bond acceptors (Lipinski definition) is 4. The van der Waals surface area contributed by atoms with Crippen molar-refractivity contribution in [3.8, 4) is 5.75 Å². The number of ether oxygens (including phenoxy) is 1. The molecule has 2 aromatic rings. The first-order valence-corrected chi connectivity index (χ1v) is 8.63. The molecule has 1 amide bonds. The molecule has 1 unspecified atom stereocenters. The van der Waals surface area contributed by atoms with E-state index in [0.717, 1.165) is 17.7 Å². The van der Waals surface area contributed by atoms with Gasteiger partial charge in [-0.15, -0.1) is 0 Å². The zero-order chi connectivity index (χ0) is 17.5. The van der Waals surface area contributed by atoms with E-state index in [2.05, 4.69) is 11.4 Å². The molecule has 2 N–H and O–H groups in total. The summed E-state index contributed by atoms with van der Waals surface area (Å²) in [4.78, 5) is 14.2. The summed E-state index contributed by atoms with van der Waals surface area (Å²) >= 11 is 0. The summed E-state index contributed by atoms with van der Waals surface area (Å²) in [5, 5.41) is 12.2. The molecule has 0 fully saturated rings. The Hall–Kier alpha value is -2.37. The average Bonchev–Trinajstić information content (AvgIpc) is 3.04. The molecule has 3 rings (SSSR count). The molecule has 1 aliphatic rings. The Labute approximate surface area is 148 Å². The third-order valence-electron chi connectivity index (χ3n) is 4.27. The van der Waals surface area contributed by atoms with Gasteiger partial charge in [0.1, 0.15) is 11.9 Å². The largest absolute Gasteiger partial charge is 0.488 e. The van der Waals surface area contributed by atoms with Gasteiger partial charge < -0.3 is 15.2 Å². The predicted octanol–water partition coefficient (Wildman–Crippen LogP) is 1.60. The molecule has 5 heteroatoms. The van der Waals surface area contributed by atoms with Crippen LogP contribution in [0, 0.1) is 0 Å². The minimum atomic E-state index is -0.0519. The van der Waals surface area contributed by atoms with E-state index >= 15 is 0 Å². The Bertz CT molecular complexity index is 665. The van der Waals surface area contributed by atoms with Crippen molar-refractivity contribution in [2.75, 3.05) is 26.2 Å². The molecule has 25 heavy (non-hydrogen) atoms. The number of benzene rings is 2. The van der Waals surface area contributed by atoms with Crippen LogP contribution in [-0.2, 0) is 17.8 Å². The van der Waals surface area contributed by atoms with E-state index in [9.17, 15) is 9.90 Å². The van der Waals surface area contributed by atoms with Gasteiger partial charge in [-0.2, -0.15) is 0 Å². The van der Waals surface area contributed by atoms with Gasteiger partial charge in [0.05, 0.1) is 19.7 Å². The van der Waals surface area contributed by atoms with E-state index in [1.165, 1.54) is 5.56 Å². The number of fused-ring (bicyclic) bond motifs is 1. The number of nitrogens with one attached hydrogen (secondary N) is 1. The molecular weight excluding hydrogens is 316 g/mol. The van der Waals surface area contributed by atoms with Crippen LogP contribution in [0.3, 0.4) is 0 Å². The smallest absolute Gasteiger partial charge is 0.234 e. The predicted molar refractivity (Wildman–Crippen MR) is 96.4 cm³/mol. The van der Waals surface area contributed by atoms with Crippen LogP contribution >= 0.6 is 0 Å². The van der Waals surface area contributed by atoms with Gasteiger partial charge >= 0.3 is 0 Å². The molecule has 0 aromatic heterocycles. The standard InChI is InChI=1S/C20H24N2O3/c23-11-10-22(14-16-6-2-1-3-7-16)15-20(24)21-13-18-12-17-8-4-5-9-19(17)25-18/h1-9,18,23H,10-15H2,(H,21,24). The fourth-order valence-corrected chi connectivity index (χ4v) is 3.05. The Balaban J connectivity index is 1.46. The number of carbonyl (C=O) groups is 1. The van der Waals surface area contributed by atoms with Crippen LogP contribution in [0.25, 0.3) is 0 Å². The van der Waals surface area contributed by atoms with Crippen LogP contribution in [0.5, 0.6) is 5.75 Å². The fraction of sp³-hybridized carbons (Fsp3) is 0.350. The van der Waals surface area contributed by atoms with Crippen LogP contribution in [0.15, 0.2) is 54.6 Å². The number of hydrogen-bond donors (Lipinski definition) is 2. The molecule has 0 saturated heterocycles. The SMILES string of the molecule is O=C(CN(CCO)Cc1ccccc1)NCC1Cc2ccccc2O1. The quantitative estimate of drug-likeness (QED) is 0.766. The van der Waals surface area contributed by atoms with Gasteiger partial charge in [-0.1, -0.05) is 48.5 Å². The lowest BCUT2D eigenvalue weighted by atomic mass is 10.1. The number of para-hydroxylation sites is 1. The van der Waals surface area contributed by atoms with Crippen LogP contribution < -0.4 is 10.1 Å². The Morgan fingerprint density at radius 2 is 1.92 bits per heavy atom. The van der Waals surface area contributed by atoms with Crippen molar-refractivity contribution in [2.24, 2.45) is 0 Å². The fourth-order valence-electron chi connectivity index (χ4n) is 3.05. The first kappa shape index (κ1) is 17.5. The maximum Gasteiger partial charge on any atom is 0.234 e. The molecule has 2 aromatic carbocycles. The average molecular weight is 340 g/mol. The second-order valence-corrected chi connectivity index (χ2v) is 6.28. The highest BCUT2D eigenvalue weighted by molar-refractivity contribution is 5.78. The maximum atomic E-state index is 12.3. The topological polar surface area (TPSA) is 61.8 Å². The second kappa shape index (κ2) is 8.65. The zero-order valence-corrected chi connectivity index (χ0v) is 14.2. The monoisotopic (exact) mass is 340 g/mol. The Morgan fingerprint density at radius 3 is 2.68 bits per heavy atom. The van der Waals surface area contributed by atoms with E-state index in [-0.39, 0.29) is 25.2 Å². The highest BCUT2D eigenvalue weighted by atomic mass is 16.5. The minimum absolute atomic E-state index is 0.0123. The van der Waals surface area contributed by atoms with Gasteiger partial charge in [0.2, 0.25) is 5.91 Å². The van der Waals surface area contributed by atoms with Gasteiger partial charge in [-0.3, -0.25) is 9.69 Å². The van der Waals surface area contributed by atoms with Crippen molar-refractivity contribution in [3.63, 3.8) is 0 Å². The molecule has 0 radical (unpaired) electrons. The number of nitrogens with zero attached hydrogens (tertiary/aromatic N) is 1. The zero-order valence-electron chi connectivity index (χ0n) is 14.2. The van der Waals surface area contributed by atoms with Crippen molar-refractivity contribution in [2.45, 2.75) is 19.1 Å². The van der Waals surface area contributed by atoms with E-state index in [0.29, 0.717) is 19.6 Å². The number of amides is 1. The van der Waals surface area contributed by atoms with Crippen LogP contribution in [0.4, 0.5) is 0 Å². The molecular formula is C20H24N2O3. The first-order chi connectivity index (χ1) is 12.2. The number of aliphatic hydroxyl groups is 1. The molecule has 5 nitrogen and oxygen atoms in total. The molecule has 1 aliphatic heterocycles. The molecule has 0 saturated carbocycles. The van der Waals surface area contributed by atoms with Crippen molar-refractivity contribution >= 4 is 5.91 Å². The number of rotatable bonds is 8. The van der Waals surface area contributed by atoms with Crippen molar-refractivity contribution < 1.29 is 14.6 Å². The lowest BCUT2D eigenvalue weighted by molar-refractivity contribution is -0.122. The van der Waals surface area contributed by atoms with E-state index < -0.39 is 0 Å². The van der Waals surface area contributed by atoms with Crippen LogP contribution in [-0.4, -0.2) is 48.3 Å². The van der Waals surface area contributed by atoms with E-state index in [4.69, 9.17) is 4.74 Å². The summed E-state index contributed by atoms with van der Waals surface area (Å²) in [6.45, 7) is 1.88. The number of aliphatic hydroxyl groups excluding tert-OH is 1. The normalized spacial score (nSPS) is 15.7. The highest BCUT2D eigenvalue weighted by Crippen LogP contribution is 2.27.